The molecule has 0 aliphatic carbocycles. The van der Waals surface area contributed by atoms with Gasteiger partial charge in [0.1, 0.15) is 0 Å². The first-order valence-electron chi connectivity index (χ1n) is 5.22. The summed E-state index contributed by atoms with van der Waals surface area (Å²) in [5, 5.41) is 0.451. The van der Waals surface area contributed by atoms with Crippen LogP contribution in [-0.4, -0.2) is 29.4 Å². The van der Waals surface area contributed by atoms with Gasteiger partial charge in [-0.05, 0) is 12.1 Å². The number of benzene rings is 1. The molecular formula is C12H15ClN2OS. The lowest BCUT2D eigenvalue weighted by Crippen LogP contribution is -2.35. The van der Waals surface area contributed by atoms with E-state index in [1.54, 1.807) is 36.2 Å². The van der Waals surface area contributed by atoms with Crippen LogP contribution in [0, 0.1) is 5.92 Å². The van der Waals surface area contributed by atoms with Crippen LogP contribution < -0.4 is 5.73 Å². The number of halogens is 1. The van der Waals surface area contributed by atoms with Crippen molar-refractivity contribution in [3.8, 4) is 0 Å². The number of carbonyl (C=O) groups is 1. The minimum absolute atomic E-state index is 0.0126. The molecule has 1 aromatic carbocycles. The smallest absolute Gasteiger partial charge is 0.255 e. The monoisotopic (exact) mass is 270 g/mol. The zero-order valence-electron chi connectivity index (χ0n) is 9.81. The van der Waals surface area contributed by atoms with Gasteiger partial charge in [-0.1, -0.05) is 42.9 Å². The topological polar surface area (TPSA) is 46.3 Å². The number of carbonyl (C=O) groups excluding carboxylic acids is 1. The largest absolute Gasteiger partial charge is 0.393 e. The standard InChI is InChI=1S/C12H15ClN2OS/c1-8(11(14)17)7-15(2)12(16)9-5-3-4-6-10(9)13/h3-6,8H,7H2,1-2H3,(H2,14,17). The number of thiocarbonyl (C=S) groups is 1. The second-order valence-corrected chi connectivity index (χ2v) is 4.85. The van der Waals surface area contributed by atoms with Crippen molar-refractivity contribution in [3.63, 3.8) is 0 Å². The van der Waals surface area contributed by atoms with Gasteiger partial charge in [-0.3, -0.25) is 4.79 Å². The fourth-order valence-electron chi connectivity index (χ4n) is 1.42. The van der Waals surface area contributed by atoms with E-state index < -0.39 is 0 Å². The summed E-state index contributed by atoms with van der Waals surface area (Å²) in [5.41, 5.74) is 6.01. The second kappa shape index (κ2) is 5.98. The minimum Gasteiger partial charge on any atom is -0.393 e. The fraction of sp³-hybridized carbons (Fsp3) is 0.333. The van der Waals surface area contributed by atoms with Gasteiger partial charge < -0.3 is 10.6 Å². The highest BCUT2D eigenvalue weighted by atomic mass is 35.5. The van der Waals surface area contributed by atoms with Gasteiger partial charge in [0.05, 0.1) is 15.6 Å². The Kier molecular flexibility index (Phi) is 4.90. The van der Waals surface area contributed by atoms with Crippen LogP contribution in [0.5, 0.6) is 0 Å². The summed E-state index contributed by atoms with van der Waals surface area (Å²) in [6.45, 7) is 2.37. The van der Waals surface area contributed by atoms with Crippen molar-refractivity contribution in [1.82, 2.24) is 4.90 Å². The maximum absolute atomic E-state index is 12.1. The number of amides is 1. The van der Waals surface area contributed by atoms with E-state index in [2.05, 4.69) is 0 Å². The SMILES string of the molecule is CC(CN(C)C(=O)c1ccccc1Cl)C(N)=S. The zero-order chi connectivity index (χ0) is 13.0. The van der Waals surface area contributed by atoms with Crippen molar-refractivity contribution in [2.75, 3.05) is 13.6 Å². The van der Waals surface area contributed by atoms with Crippen molar-refractivity contribution < 1.29 is 4.79 Å². The third-order valence-corrected chi connectivity index (χ3v) is 3.22. The fourth-order valence-corrected chi connectivity index (χ4v) is 1.72. The van der Waals surface area contributed by atoms with Gasteiger partial charge in [-0.25, -0.2) is 0 Å². The quantitative estimate of drug-likeness (QED) is 0.855. The highest BCUT2D eigenvalue weighted by Crippen LogP contribution is 2.17. The molecular weight excluding hydrogens is 256 g/mol. The summed E-state index contributed by atoms with van der Waals surface area (Å²) >= 11 is 10.8. The van der Waals surface area contributed by atoms with Crippen molar-refractivity contribution in [2.24, 2.45) is 11.7 Å². The predicted molar refractivity (Wildman–Crippen MR) is 74.4 cm³/mol. The molecule has 1 aromatic rings. The molecule has 1 amide bonds. The van der Waals surface area contributed by atoms with Gasteiger partial charge in [0.25, 0.3) is 5.91 Å². The minimum atomic E-state index is -0.126. The predicted octanol–water partition coefficient (Wildman–Crippen LogP) is 2.33. The second-order valence-electron chi connectivity index (χ2n) is 3.97. The summed E-state index contributed by atoms with van der Waals surface area (Å²) in [4.78, 5) is 14.1. The molecule has 1 rings (SSSR count). The molecule has 1 unspecified atom stereocenters. The van der Waals surface area contributed by atoms with Crippen molar-refractivity contribution in [3.05, 3.63) is 34.9 Å². The third kappa shape index (κ3) is 3.68. The Labute approximate surface area is 112 Å². The van der Waals surface area contributed by atoms with Gasteiger partial charge in [0.15, 0.2) is 0 Å². The van der Waals surface area contributed by atoms with Gasteiger partial charge in [-0.15, -0.1) is 0 Å². The van der Waals surface area contributed by atoms with Crippen molar-refractivity contribution in [1.29, 1.82) is 0 Å². The van der Waals surface area contributed by atoms with E-state index in [0.717, 1.165) is 0 Å². The molecule has 0 fully saturated rings. The molecule has 0 heterocycles. The molecule has 0 spiro atoms. The Morgan fingerprint density at radius 2 is 2.12 bits per heavy atom. The Balaban J connectivity index is 2.77. The van der Waals surface area contributed by atoms with Crippen LogP contribution in [0.15, 0.2) is 24.3 Å². The lowest BCUT2D eigenvalue weighted by Gasteiger charge is -2.21. The number of hydrogen-bond acceptors (Lipinski definition) is 2. The molecule has 3 nitrogen and oxygen atoms in total. The summed E-state index contributed by atoms with van der Waals surface area (Å²) in [6.07, 6.45) is 0. The molecule has 5 heteroatoms. The number of nitrogens with zero attached hydrogens (tertiary/aromatic N) is 1. The van der Waals surface area contributed by atoms with Crippen LogP contribution in [0.25, 0.3) is 0 Å². The Bertz CT molecular complexity index is 436. The van der Waals surface area contributed by atoms with Crippen LogP contribution >= 0.6 is 23.8 Å². The Hall–Kier alpha value is -1.13. The highest BCUT2D eigenvalue weighted by molar-refractivity contribution is 7.80. The highest BCUT2D eigenvalue weighted by Gasteiger charge is 2.17. The number of rotatable bonds is 4. The van der Waals surface area contributed by atoms with Crippen LogP contribution in [0.3, 0.4) is 0 Å². The molecule has 1 atom stereocenters. The molecule has 0 bridgehead atoms. The van der Waals surface area contributed by atoms with E-state index >= 15 is 0 Å². The van der Waals surface area contributed by atoms with E-state index in [4.69, 9.17) is 29.6 Å². The lowest BCUT2D eigenvalue weighted by atomic mass is 10.1. The lowest BCUT2D eigenvalue weighted by molar-refractivity contribution is 0.0787. The molecule has 0 radical (unpaired) electrons. The molecule has 0 saturated heterocycles. The average molecular weight is 271 g/mol. The van der Waals surface area contributed by atoms with Crippen LogP contribution in [0.2, 0.25) is 5.02 Å². The zero-order valence-corrected chi connectivity index (χ0v) is 11.4. The Morgan fingerprint density at radius 3 is 2.65 bits per heavy atom. The van der Waals surface area contributed by atoms with Gasteiger partial charge in [-0.2, -0.15) is 0 Å². The molecule has 92 valence electrons. The van der Waals surface area contributed by atoms with Crippen molar-refractivity contribution >= 4 is 34.7 Å². The first-order valence-corrected chi connectivity index (χ1v) is 6.01. The maximum atomic E-state index is 12.1. The van der Waals surface area contributed by atoms with Crippen molar-refractivity contribution in [2.45, 2.75) is 6.92 Å². The van der Waals surface area contributed by atoms with E-state index in [0.29, 0.717) is 22.1 Å². The normalized spacial score (nSPS) is 11.9. The van der Waals surface area contributed by atoms with Crippen LogP contribution in [-0.2, 0) is 0 Å². The van der Waals surface area contributed by atoms with E-state index in [1.165, 1.54) is 0 Å². The third-order valence-electron chi connectivity index (χ3n) is 2.48. The van der Waals surface area contributed by atoms with Crippen LogP contribution in [0.4, 0.5) is 0 Å². The molecule has 2 N–H and O–H groups in total. The molecule has 17 heavy (non-hydrogen) atoms. The summed E-state index contributed by atoms with van der Waals surface area (Å²) in [6, 6.07) is 6.97. The number of hydrogen-bond donors (Lipinski definition) is 1. The van der Waals surface area contributed by atoms with Gasteiger partial charge >= 0.3 is 0 Å². The first-order chi connectivity index (χ1) is 7.93. The average Bonchev–Trinajstić information content (AvgIpc) is 2.28. The molecule has 0 aromatic heterocycles. The van der Waals surface area contributed by atoms with E-state index in [1.807, 2.05) is 6.92 Å². The molecule has 0 saturated carbocycles. The number of nitrogens with two attached hydrogens (primary N) is 1. The summed E-state index contributed by atoms with van der Waals surface area (Å²) < 4.78 is 0. The van der Waals surface area contributed by atoms with Crippen LogP contribution in [0.1, 0.15) is 17.3 Å². The maximum Gasteiger partial charge on any atom is 0.255 e. The summed E-state index contributed by atoms with van der Waals surface area (Å²) in [5.74, 6) is -0.139. The molecule has 0 aliphatic rings. The van der Waals surface area contributed by atoms with E-state index in [9.17, 15) is 4.79 Å². The first kappa shape index (κ1) is 13.9. The molecule has 0 aliphatic heterocycles. The van der Waals surface area contributed by atoms with Gasteiger partial charge in [0.2, 0.25) is 0 Å². The van der Waals surface area contributed by atoms with E-state index in [-0.39, 0.29) is 11.8 Å². The van der Waals surface area contributed by atoms with Gasteiger partial charge in [0, 0.05) is 19.5 Å². The Morgan fingerprint density at radius 1 is 1.53 bits per heavy atom. The summed E-state index contributed by atoms with van der Waals surface area (Å²) in [7, 11) is 1.71.